The molecule has 4 heteroatoms. The molecule has 0 atom stereocenters. The van der Waals surface area contributed by atoms with Crippen molar-refractivity contribution in [3.8, 4) is 0 Å². The van der Waals surface area contributed by atoms with Gasteiger partial charge in [0.1, 0.15) is 0 Å². The Balaban J connectivity index is 2.18. The normalized spacial score (nSPS) is 11.0. The average Bonchev–Trinajstić information content (AvgIpc) is 2.75. The third-order valence-electron chi connectivity index (χ3n) is 3.69. The van der Waals surface area contributed by atoms with Crippen molar-refractivity contribution in [2.24, 2.45) is 7.05 Å². The fraction of sp³-hybridized carbons (Fsp3) is 0.118. The van der Waals surface area contributed by atoms with Crippen molar-refractivity contribution in [3.05, 3.63) is 64.3 Å². The number of carbonyl (C=O) groups excluding carboxylic acids is 1. The van der Waals surface area contributed by atoms with Crippen LogP contribution >= 0.6 is 11.6 Å². The number of aromatic nitrogens is 1. The van der Waals surface area contributed by atoms with E-state index in [1.54, 1.807) is 18.2 Å². The molecule has 3 nitrogen and oxygen atoms in total. The molecule has 0 aliphatic carbocycles. The molecule has 0 radical (unpaired) electrons. The van der Waals surface area contributed by atoms with Gasteiger partial charge >= 0.3 is 0 Å². The van der Waals surface area contributed by atoms with E-state index in [2.05, 4.69) is 0 Å². The lowest BCUT2D eigenvalue weighted by atomic mass is 9.98. The zero-order chi connectivity index (χ0) is 15.1. The summed E-state index contributed by atoms with van der Waals surface area (Å²) in [7, 11) is 1.91. The second-order valence-electron chi connectivity index (χ2n) is 5.22. The summed E-state index contributed by atoms with van der Waals surface area (Å²) in [6.45, 7) is 1.89. The second kappa shape index (κ2) is 4.93. The summed E-state index contributed by atoms with van der Waals surface area (Å²) in [5.74, 6) is 0.000391. The largest absolute Gasteiger partial charge is 0.399 e. The van der Waals surface area contributed by atoms with Crippen LogP contribution in [0, 0.1) is 6.92 Å². The van der Waals surface area contributed by atoms with Gasteiger partial charge in [0.25, 0.3) is 0 Å². The lowest BCUT2D eigenvalue weighted by Crippen LogP contribution is -2.03. The van der Waals surface area contributed by atoms with E-state index in [4.69, 9.17) is 17.3 Å². The van der Waals surface area contributed by atoms with Gasteiger partial charge in [0.2, 0.25) is 0 Å². The van der Waals surface area contributed by atoms with Gasteiger partial charge < -0.3 is 10.3 Å². The summed E-state index contributed by atoms with van der Waals surface area (Å²) in [5.41, 5.74) is 9.58. The number of hydrogen-bond donors (Lipinski definition) is 1. The van der Waals surface area contributed by atoms with E-state index in [0.717, 1.165) is 16.5 Å². The van der Waals surface area contributed by atoms with Gasteiger partial charge in [0.15, 0.2) is 5.78 Å². The Kier molecular flexibility index (Phi) is 3.22. The number of aryl methyl sites for hydroxylation is 2. The number of anilines is 1. The lowest BCUT2D eigenvalue weighted by Gasteiger charge is -2.05. The number of hydrogen-bond acceptors (Lipinski definition) is 2. The molecule has 0 amide bonds. The van der Waals surface area contributed by atoms with Crippen LogP contribution < -0.4 is 5.73 Å². The molecule has 3 aromatic rings. The van der Waals surface area contributed by atoms with Gasteiger partial charge in [-0.3, -0.25) is 4.79 Å². The van der Waals surface area contributed by atoms with Gasteiger partial charge in [-0.1, -0.05) is 17.7 Å². The molecule has 0 saturated heterocycles. The van der Waals surface area contributed by atoms with Crippen LogP contribution in [0.15, 0.2) is 42.6 Å². The van der Waals surface area contributed by atoms with Gasteiger partial charge in [-0.15, -0.1) is 0 Å². The number of nitrogens with zero attached hydrogens (tertiary/aromatic N) is 1. The first-order valence-corrected chi connectivity index (χ1v) is 7.00. The monoisotopic (exact) mass is 298 g/mol. The Hall–Kier alpha value is -2.26. The van der Waals surface area contributed by atoms with E-state index in [9.17, 15) is 4.79 Å². The van der Waals surface area contributed by atoms with Crippen molar-refractivity contribution >= 4 is 34.0 Å². The highest BCUT2D eigenvalue weighted by Gasteiger charge is 2.17. The van der Waals surface area contributed by atoms with Gasteiger partial charge in [-0.05, 0) is 42.8 Å². The lowest BCUT2D eigenvalue weighted by molar-refractivity contribution is 0.103. The van der Waals surface area contributed by atoms with Gasteiger partial charge in [0.05, 0.1) is 0 Å². The van der Waals surface area contributed by atoms with E-state index < -0.39 is 0 Å². The van der Waals surface area contributed by atoms with Crippen LogP contribution in [0.3, 0.4) is 0 Å². The predicted octanol–water partition coefficient (Wildman–Crippen LogP) is 3.95. The number of rotatable bonds is 2. The number of ketones is 1. The number of fused-ring (bicyclic) bond motifs is 1. The molecule has 21 heavy (non-hydrogen) atoms. The van der Waals surface area contributed by atoms with Crippen LogP contribution in [0.4, 0.5) is 5.69 Å². The number of carbonyl (C=O) groups is 1. The summed E-state index contributed by atoms with van der Waals surface area (Å²) in [4.78, 5) is 12.8. The van der Waals surface area contributed by atoms with E-state index in [-0.39, 0.29) is 5.78 Å². The zero-order valence-corrected chi connectivity index (χ0v) is 12.6. The van der Waals surface area contributed by atoms with E-state index >= 15 is 0 Å². The Labute approximate surface area is 127 Å². The smallest absolute Gasteiger partial charge is 0.195 e. The molecule has 3 rings (SSSR count). The van der Waals surface area contributed by atoms with Crippen LogP contribution in [0.2, 0.25) is 5.02 Å². The highest BCUT2D eigenvalue weighted by atomic mass is 35.5. The molecule has 1 aromatic heterocycles. The first-order valence-electron chi connectivity index (χ1n) is 6.63. The first kappa shape index (κ1) is 13.7. The van der Waals surface area contributed by atoms with Crippen LogP contribution in [0.1, 0.15) is 21.5 Å². The fourth-order valence-electron chi connectivity index (χ4n) is 2.62. The fourth-order valence-corrected chi connectivity index (χ4v) is 2.79. The third-order valence-corrected chi connectivity index (χ3v) is 3.93. The quantitative estimate of drug-likeness (QED) is 0.575. The van der Waals surface area contributed by atoms with Crippen molar-refractivity contribution in [1.29, 1.82) is 0 Å². The minimum Gasteiger partial charge on any atom is -0.399 e. The molecule has 0 spiro atoms. The molecular weight excluding hydrogens is 284 g/mol. The maximum atomic E-state index is 12.8. The minimum atomic E-state index is 0.000391. The molecule has 2 N–H and O–H groups in total. The van der Waals surface area contributed by atoms with Crippen LogP contribution in [0.5, 0.6) is 0 Å². The standard InChI is InChI=1S/C17H15ClN2O/c1-10-7-12(19)4-6-13(10)17(21)15-9-20(2)16-8-11(18)3-5-14(15)16/h3-9H,19H2,1-2H3. The molecule has 2 aromatic carbocycles. The maximum Gasteiger partial charge on any atom is 0.195 e. The Morgan fingerprint density at radius 1 is 1.14 bits per heavy atom. The van der Waals surface area contributed by atoms with E-state index in [1.165, 1.54) is 0 Å². The zero-order valence-electron chi connectivity index (χ0n) is 11.9. The molecule has 0 aliphatic rings. The summed E-state index contributed by atoms with van der Waals surface area (Å²) in [6, 6.07) is 10.9. The third kappa shape index (κ3) is 2.30. The van der Waals surface area contributed by atoms with Crippen LogP contribution in [-0.4, -0.2) is 10.4 Å². The average molecular weight is 299 g/mol. The predicted molar refractivity (Wildman–Crippen MR) is 87.0 cm³/mol. The maximum absolute atomic E-state index is 12.8. The van der Waals surface area contributed by atoms with Crippen molar-refractivity contribution in [2.75, 3.05) is 5.73 Å². The highest BCUT2D eigenvalue weighted by Crippen LogP contribution is 2.27. The summed E-state index contributed by atoms with van der Waals surface area (Å²) < 4.78 is 1.92. The van der Waals surface area contributed by atoms with E-state index in [0.29, 0.717) is 21.8 Å². The topological polar surface area (TPSA) is 48.0 Å². The molecular formula is C17H15ClN2O. The SMILES string of the molecule is Cc1cc(N)ccc1C(=O)c1cn(C)c2cc(Cl)ccc12. The van der Waals surface area contributed by atoms with Crippen molar-refractivity contribution in [3.63, 3.8) is 0 Å². The molecule has 106 valence electrons. The van der Waals surface area contributed by atoms with Gasteiger partial charge in [-0.25, -0.2) is 0 Å². The number of nitrogens with two attached hydrogens (primary N) is 1. The molecule has 0 saturated carbocycles. The summed E-state index contributed by atoms with van der Waals surface area (Å²) in [6.07, 6.45) is 1.85. The molecule has 0 aliphatic heterocycles. The van der Waals surface area contributed by atoms with Crippen LogP contribution in [0.25, 0.3) is 10.9 Å². The van der Waals surface area contributed by atoms with Crippen LogP contribution in [-0.2, 0) is 7.05 Å². The molecule has 0 bridgehead atoms. The Morgan fingerprint density at radius 3 is 2.62 bits per heavy atom. The molecule has 1 heterocycles. The Bertz CT molecular complexity index is 865. The number of halogens is 1. The van der Waals surface area contributed by atoms with Crippen molar-refractivity contribution in [2.45, 2.75) is 6.92 Å². The molecule has 0 fully saturated rings. The summed E-state index contributed by atoms with van der Waals surface area (Å²) in [5, 5.41) is 1.56. The number of benzene rings is 2. The Morgan fingerprint density at radius 2 is 1.90 bits per heavy atom. The summed E-state index contributed by atoms with van der Waals surface area (Å²) >= 11 is 6.03. The highest BCUT2D eigenvalue weighted by molar-refractivity contribution is 6.31. The van der Waals surface area contributed by atoms with E-state index in [1.807, 2.05) is 42.9 Å². The number of nitrogen functional groups attached to an aromatic ring is 1. The molecule has 0 unspecified atom stereocenters. The minimum absolute atomic E-state index is 0.000391. The van der Waals surface area contributed by atoms with Crippen molar-refractivity contribution < 1.29 is 4.79 Å². The first-order chi connectivity index (χ1) is 9.97. The van der Waals surface area contributed by atoms with Crippen molar-refractivity contribution in [1.82, 2.24) is 4.57 Å². The second-order valence-corrected chi connectivity index (χ2v) is 5.66. The van der Waals surface area contributed by atoms with Gasteiger partial charge in [-0.2, -0.15) is 0 Å². The van der Waals surface area contributed by atoms with Gasteiger partial charge in [0, 0.05) is 46.0 Å².